The van der Waals surface area contributed by atoms with Crippen LogP contribution in [-0.4, -0.2) is 9.13 Å². The van der Waals surface area contributed by atoms with Crippen LogP contribution in [0.4, 0.5) is 0 Å². The molecule has 0 aliphatic heterocycles. The molecular formula is C15H21ClN2O. The number of alkyl halides is 1. The first-order chi connectivity index (χ1) is 8.95. The molecule has 3 nitrogen and oxygen atoms in total. The summed E-state index contributed by atoms with van der Waals surface area (Å²) >= 11 is 6.48. The van der Waals surface area contributed by atoms with Crippen LogP contribution in [-0.2, 0) is 14.1 Å². The second-order valence-electron chi connectivity index (χ2n) is 5.37. The number of benzene rings is 1. The molecule has 104 valence electrons. The molecule has 1 heterocycles. The molecule has 0 N–H and O–H groups in total. The number of imidazole rings is 1. The van der Waals surface area contributed by atoms with Crippen molar-refractivity contribution in [2.24, 2.45) is 20.0 Å². The molecule has 2 unspecified atom stereocenters. The van der Waals surface area contributed by atoms with Gasteiger partial charge < -0.3 is 0 Å². The van der Waals surface area contributed by atoms with Gasteiger partial charge in [0.2, 0.25) is 0 Å². The first-order valence-electron chi connectivity index (χ1n) is 6.75. The number of rotatable bonds is 4. The molecule has 2 rings (SSSR count). The van der Waals surface area contributed by atoms with E-state index >= 15 is 0 Å². The standard InChI is InChI=1S/C15H21ClN2O/c1-5-10(2)8-12(16)11-6-7-13-14(9-11)18(4)15(19)17(13)3/h6-7,9-10,12H,5,8H2,1-4H3. The second-order valence-corrected chi connectivity index (χ2v) is 5.89. The molecule has 0 saturated carbocycles. The highest BCUT2D eigenvalue weighted by Gasteiger charge is 2.14. The molecule has 19 heavy (non-hydrogen) atoms. The maximum Gasteiger partial charge on any atom is 0.328 e. The third-order valence-electron chi connectivity index (χ3n) is 3.96. The van der Waals surface area contributed by atoms with Crippen LogP contribution in [0.15, 0.2) is 23.0 Å². The van der Waals surface area contributed by atoms with Gasteiger partial charge in [-0.25, -0.2) is 4.79 Å². The van der Waals surface area contributed by atoms with E-state index in [1.54, 1.807) is 23.2 Å². The third kappa shape index (κ3) is 2.57. The van der Waals surface area contributed by atoms with Crippen LogP contribution in [0.1, 0.15) is 37.6 Å². The zero-order valence-electron chi connectivity index (χ0n) is 12.0. The highest BCUT2D eigenvalue weighted by atomic mass is 35.5. The van der Waals surface area contributed by atoms with Gasteiger partial charge in [-0.15, -0.1) is 11.6 Å². The minimum Gasteiger partial charge on any atom is -0.295 e. The van der Waals surface area contributed by atoms with E-state index < -0.39 is 0 Å². The lowest BCUT2D eigenvalue weighted by Crippen LogP contribution is -2.19. The van der Waals surface area contributed by atoms with Crippen molar-refractivity contribution in [3.63, 3.8) is 0 Å². The Kier molecular flexibility index (Phi) is 4.04. The van der Waals surface area contributed by atoms with E-state index in [2.05, 4.69) is 13.8 Å². The van der Waals surface area contributed by atoms with E-state index in [9.17, 15) is 4.79 Å². The van der Waals surface area contributed by atoms with Crippen LogP contribution in [0, 0.1) is 5.92 Å². The minimum atomic E-state index is 0.000184. The van der Waals surface area contributed by atoms with Crippen LogP contribution >= 0.6 is 11.6 Å². The van der Waals surface area contributed by atoms with Crippen molar-refractivity contribution in [2.45, 2.75) is 32.1 Å². The van der Waals surface area contributed by atoms with Crippen molar-refractivity contribution < 1.29 is 0 Å². The molecule has 0 aliphatic carbocycles. The van der Waals surface area contributed by atoms with Gasteiger partial charge in [0.1, 0.15) is 0 Å². The Morgan fingerprint density at radius 2 is 1.84 bits per heavy atom. The van der Waals surface area contributed by atoms with Crippen LogP contribution in [0.2, 0.25) is 0 Å². The van der Waals surface area contributed by atoms with Gasteiger partial charge in [0.15, 0.2) is 0 Å². The number of halogens is 1. The molecular weight excluding hydrogens is 260 g/mol. The molecule has 2 aromatic rings. The van der Waals surface area contributed by atoms with Gasteiger partial charge in [-0.05, 0) is 30.0 Å². The fourth-order valence-electron chi connectivity index (χ4n) is 2.37. The third-order valence-corrected chi connectivity index (χ3v) is 4.39. The Labute approximate surface area is 118 Å². The summed E-state index contributed by atoms with van der Waals surface area (Å²) in [5, 5.41) is 0.00894. The minimum absolute atomic E-state index is 0.000184. The molecule has 0 bridgehead atoms. The molecule has 1 aromatic heterocycles. The SMILES string of the molecule is CCC(C)CC(Cl)c1ccc2c(c1)n(C)c(=O)n2C. The summed E-state index contributed by atoms with van der Waals surface area (Å²) in [6.07, 6.45) is 2.10. The lowest BCUT2D eigenvalue weighted by molar-refractivity contribution is 0.508. The molecule has 0 radical (unpaired) electrons. The molecule has 0 spiro atoms. The Morgan fingerprint density at radius 1 is 1.21 bits per heavy atom. The lowest BCUT2D eigenvalue weighted by Gasteiger charge is -2.14. The number of aromatic nitrogens is 2. The summed E-state index contributed by atoms with van der Waals surface area (Å²) < 4.78 is 3.34. The first kappa shape index (κ1) is 14.2. The molecule has 0 saturated heterocycles. The van der Waals surface area contributed by atoms with Crippen LogP contribution in [0.3, 0.4) is 0 Å². The number of fused-ring (bicyclic) bond motifs is 1. The zero-order valence-corrected chi connectivity index (χ0v) is 12.7. The molecule has 1 aromatic carbocycles. The average Bonchev–Trinajstić information content (AvgIpc) is 2.63. The summed E-state index contributed by atoms with van der Waals surface area (Å²) in [5.41, 5.74) is 2.99. The van der Waals surface area contributed by atoms with Crippen molar-refractivity contribution in [1.82, 2.24) is 9.13 Å². The van der Waals surface area contributed by atoms with Crippen molar-refractivity contribution in [1.29, 1.82) is 0 Å². The van der Waals surface area contributed by atoms with Gasteiger partial charge in [0.05, 0.1) is 16.4 Å². The van der Waals surface area contributed by atoms with Gasteiger partial charge >= 0.3 is 5.69 Å². The Bertz CT molecular complexity index is 641. The normalized spacial score (nSPS) is 14.8. The summed E-state index contributed by atoms with van der Waals surface area (Å²) in [6.45, 7) is 4.39. The summed E-state index contributed by atoms with van der Waals surface area (Å²) in [7, 11) is 3.59. The van der Waals surface area contributed by atoms with Crippen molar-refractivity contribution in [3.05, 3.63) is 34.2 Å². The summed E-state index contributed by atoms with van der Waals surface area (Å²) in [4.78, 5) is 11.9. The van der Waals surface area contributed by atoms with Crippen molar-refractivity contribution >= 4 is 22.6 Å². The van der Waals surface area contributed by atoms with E-state index in [1.807, 2.05) is 18.2 Å². The topological polar surface area (TPSA) is 26.9 Å². The molecule has 0 fully saturated rings. The van der Waals surface area contributed by atoms with Gasteiger partial charge in [-0.1, -0.05) is 26.3 Å². The second kappa shape index (κ2) is 5.41. The number of hydrogen-bond acceptors (Lipinski definition) is 1. The Morgan fingerprint density at radius 3 is 2.47 bits per heavy atom. The van der Waals surface area contributed by atoms with Gasteiger partial charge in [-0.3, -0.25) is 9.13 Å². The number of nitrogens with zero attached hydrogens (tertiary/aromatic N) is 2. The maximum absolute atomic E-state index is 11.9. The lowest BCUT2D eigenvalue weighted by atomic mass is 9.98. The van der Waals surface area contributed by atoms with Crippen LogP contribution < -0.4 is 5.69 Å². The van der Waals surface area contributed by atoms with E-state index in [0.29, 0.717) is 5.92 Å². The van der Waals surface area contributed by atoms with Gasteiger partial charge in [0, 0.05) is 14.1 Å². The molecule has 0 aliphatic rings. The molecule has 2 atom stereocenters. The molecule has 4 heteroatoms. The fraction of sp³-hybridized carbons (Fsp3) is 0.533. The Balaban J connectivity index is 2.42. The Hall–Kier alpha value is -1.22. The monoisotopic (exact) mass is 280 g/mol. The summed E-state index contributed by atoms with van der Waals surface area (Å²) in [6, 6.07) is 6.05. The maximum atomic E-state index is 11.9. The summed E-state index contributed by atoms with van der Waals surface area (Å²) in [5.74, 6) is 0.609. The predicted octanol–water partition coefficient (Wildman–Crippen LogP) is 3.59. The largest absolute Gasteiger partial charge is 0.328 e. The highest BCUT2D eigenvalue weighted by Crippen LogP contribution is 2.30. The van der Waals surface area contributed by atoms with Crippen molar-refractivity contribution in [3.8, 4) is 0 Å². The smallest absolute Gasteiger partial charge is 0.295 e. The van der Waals surface area contributed by atoms with Crippen LogP contribution in [0.5, 0.6) is 0 Å². The van der Waals surface area contributed by atoms with Gasteiger partial charge in [0.25, 0.3) is 0 Å². The average molecular weight is 281 g/mol. The van der Waals surface area contributed by atoms with Gasteiger partial charge in [-0.2, -0.15) is 0 Å². The number of hydrogen-bond donors (Lipinski definition) is 0. The molecule has 0 amide bonds. The van der Waals surface area contributed by atoms with E-state index in [-0.39, 0.29) is 11.1 Å². The quantitative estimate of drug-likeness (QED) is 0.786. The van der Waals surface area contributed by atoms with E-state index in [4.69, 9.17) is 11.6 Å². The first-order valence-corrected chi connectivity index (χ1v) is 7.18. The zero-order chi connectivity index (χ0) is 14.2. The van der Waals surface area contributed by atoms with E-state index in [1.165, 1.54) is 0 Å². The predicted molar refractivity (Wildman–Crippen MR) is 80.8 cm³/mol. The highest BCUT2D eigenvalue weighted by molar-refractivity contribution is 6.20. The van der Waals surface area contributed by atoms with Crippen LogP contribution in [0.25, 0.3) is 11.0 Å². The number of aryl methyl sites for hydroxylation is 2. The van der Waals surface area contributed by atoms with E-state index in [0.717, 1.165) is 29.4 Å². The fourth-order valence-corrected chi connectivity index (χ4v) is 2.81. The van der Waals surface area contributed by atoms with Crippen molar-refractivity contribution in [2.75, 3.05) is 0 Å².